The zero-order valence-electron chi connectivity index (χ0n) is 15.0. The normalized spacial score (nSPS) is 16.2. The topological polar surface area (TPSA) is 63.5 Å². The molecule has 0 saturated heterocycles. The number of amides is 1. The van der Waals surface area contributed by atoms with Gasteiger partial charge in [-0.2, -0.15) is 0 Å². The van der Waals surface area contributed by atoms with E-state index in [9.17, 15) is 4.79 Å². The van der Waals surface area contributed by atoms with Crippen molar-refractivity contribution >= 4 is 34.0 Å². The highest BCUT2D eigenvalue weighted by molar-refractivity contribution is 6.05. The van der Waals surface area contributed by atoms with Crippen molar-refractivity contribution in [1.29, 1.82) is 0 Å². The fourth-order valence-corrected chi connectivity index (χ4v) is 3.12. The smallest absolute Gasteiger partial charge is 0.412 e. The fourth-order valence-electron chi connectivity index (χ4n) is 3.12. The van der Waals surface area contributed by atoms with Crippen LogP contribution in [0, 0.1) is 0 Å². The van der Waals surface area contributed by atoms with Gasteiger partial charge in [-0.1, -0.05) is 6.08 Å². The highest BCUT2D eigenvalue weighted by atomic mass is 16.6. The number of nitrogens with one attached hydrogen (secondary N) is 2. The molecule has 0 atom stereocenters. The summed E-state index contributed by atoms with van der Waals surface area (Å²) in [5.74, 6) is 0. The number of carbonyl (C=O) groups is 1. The number of anilines is 2. The first-order valence-corrected chi connectivity index (χ1v) is 8.08. The lowest BCUT2D eigenvalue weighted by atomic mass is 9.89. The van der Waals surface area contributed by atoms with E-state index in [-0.39, 0.29) is 5.54 Å². The van der Waals surface area contributed by atoms with Gasteiger partial charge in [0.1, 0.15) is 5.60 Å². The lowest BCUT2D eigenvalue weighted by Gasteiger charge is -2.32. The summed E-state index contributed by atoms with van der Waals surface area (Å²) in [5, 5.41) is 7.31. The molecule has 0 fully saturated rings. The van der Waals surface area contributed by atoms with Crippen LogP contribution in [-0.4, -0.2) is 17.2 Å². The molecule has 2 aromatic rings. The van der Waals surface area contributed by atoms with Crippen LogP contribution in [-0.2, 0) is 4.74 Å². The Kier molecular flexibility index (Phi) is 3.62. The molecule has 0 saturated carbocycles. The predicted octanol–water partition coefficient (Wildman–Crippen LogP) is 5.39. The number of ether oxygens (including phenoxy) is 1. The van der Waals surface area contributed by atoms with Crippen LogP contribution in [0.5, 0.6) is 0 Å². The van der Waals surface area contributed by atoms with E-state index in [0.29, 0.717) is 5.69 Å². The molecule has 2 heterocycles. The Morgan fingerprint density at radius 1 is 1.33 bits per heavy atom. The van der Waals surface area contributed by atoms with Gasteiger partial charge >= 0.3 is 6.09 Å². The lowest BCUT2D eigenvalue weighted by Crippen LogP contribution is -2.32. The van der Waals surface area contributed by atoms with Crippen LogP contribution >= 0.6 is 0 Å². The van der Waals surface area contributed by atoms with E-state index in [2.05, 4.69) is 30.6 Å². The maximum Gasteiger partial charge on any atom is 0.412 e. The minimum absolute atomic E-state index is 0.193. The third-order valence-electron chi connectivity index (χ3n) is 3.80. The number of fused-ring (bicyclic) bond motifs is 3. The fraction of sp³-hybridized carbons (Fsp3) is 0.421. The number of carbonyl (C=O) groups excluding carboxylic acids is 1. The Balaban J connectivity index is 2.10. The van der Waals surface area contributed by atoms with Crippen LogP contribution in [0.15, 0.2) is 28.9 Å². The third-order valence-corrected chi connectivity index (χ3v) is 3.80. The summed E-state index contributed by atoms with van der Waals surface area (Å²) < 4.78 is 11.1. The SMILES string of the molecule is CC1=CC(C)(C)Nc2c1c(NC(=O)OC(C)(C)C)cc1ccoc21. The van der Waals surface area contributed by atoms with Gasteiger partial charge in [-0.15, -0.1) is 0 Å². The molecule has 128 valence electrons. The lowest BCUT2D eigenvalue weighted by molar-refractivity contribution is 0.0636. The zero-order chi connectivity index (χ0) is 17.7. The number of allylic oxidation sites excluding steroid dienone is 1. The maximum absolute atomic E-state index is 12.2. The van der Waals surface area contributed by atoms with Crippen molar-refractivity contribution in [2.75, 3.05) is 10.6 Å². The molecule has 5 heteroatoms. The molecule has 5 nitrogen and oxygen atoms in total. The monoisotopic (exact) mass is 328 g/mol. The van der Waals surface area contributed by atoms with Gasteiger partial charge in [0, 0.05) is 10.9 Å². The molecule has 0 unspecified atom stereocenters. The largest absolute Gasteiger partial charge is 0.462 e. The first-order valence-electron chi connectivity index (χ1n) is 8.08. The van der Waals surface area contributed by atoms with Gasteiger partial charge in [-0.25, -0.2) is 4.79 Å². The minimum atomic E-state index is -0.547. The summed E-state index contributed by atoms with van der Waals surface area (Å²) in [4.78, 5) is 12.2. The molecule has 3 rings (SSSR count). The molecule has 1 aliphatic rings. The summed E-state index contributed by atoms with van der Waals surface area (Å²) >= 11 is 0. The highest BCUT2D eigenvalue weighted by Gasteiger charge is 2.28. The van der Waals surface area contributed by atoms with Crippen LogP contribution < -0.4 is 10.6 Å². The molecule has 1 aromatic carbocycles. The number of furan rings is 1. The Labute approximate surface area is 142 Å². The Hall–Kier alpha value is -2.43. The van der Waals surface area contributed by atoms with Gasteiger partial charge in [0.05, 0.1) is 23.2 Å². The van der Waals surface area contributed by atoms with Crippen molar-refractivity contribution in [1.82, 2.24) is 0 Å². The molecule has 1 amide bonds. The van der Waals surface area contributed by atoms with E-state index < -0.39 is 11.7 Å². The van der Waals surface area contributed by atoms with E-state index in [1.807, 2.05) is 39.8 Å². The van der Waals surface area contributed by atoms with Gasteiger partial charge in [0.2, 0.25) is 0 Å². The Morgan fingerprint density at radius 2 is 2.04 bits per heavy atom. The quantitative estimate of drug-likeness (QED) is 0.737. The average molecular weight is 328 g/mol. The number of rotatable bonds is 1. The Morgan fingerprint density at radius 3 is 2.71 bits per heavy atom. The zero-order valence-corrected chi connectivity index (χ0v) is 15.0. The van der Waals surface area contributed by atoms with Crippen molar-refractivity contribution < 1.29 is 13.9 Å². The van der Waals surface area contributed by atoms with Crippen LogP contribution in [0.3, 0.4) is 0 Å². The van der Waals surface area contributed by atoms with Crippen molar-refractivity contribution in [2.45, 2.75) is 52.7 Å². The summed E-state index contributed by atoms with van der Waals surface area (Å²) in [6.45, 7) is 11.8. The van der Waals surface area contributed by atoms with Crippen molar-refractivity contribution in [3.63, 3.8) is 0 Å². The molecule has 24 heavy (non-hydrogen) atoms. The van der Waals surface area contributed by atoms with E-state index in [1.54, 1.807) is 6.26 Å². The van der Waals surface area contributed by atoms with Crippen molar-refractivity contribution in [3.05, 3.63) is 30.0 Å². The third kappa shape index (κ3) is 3.11. The molecule has 1 aromatic heterocycles. The van der Waals surface area contributed by atoms with Gasteiger partial charge in [0.15, 0.2) is 5.58 Å². The number of hydrogen-bond donors (Lipinski definition) is 2. The molecule has 1 aliphatic heterocycles. The molecule has 0 spiro atoms. The average Bonchev–Trinajstić information content (AvgIpc) is 2.82. The summed E-state index contributed by atoms with van der Waals surface area (Å²) in [6.07, 6.45) is 3.33. The summed E-state index contributed by atoms with van der Waals surface area (Å²) in [5.41, 5.74) is 3.68. The van der Waals surface area contributed by atoms with E-state index in [4.69, 9.17) is 9.15 Å². The van der Waals surface area contributed by atoms with Gasteiger partial charge in [-0.3, -0.25) is 5.32 Å². The second-order valence-corrected chi connectivity index (χ2v) is 7.81. The first-order chi connectivity index (χ1) is 11.1. The van der Waals surface area contributed by atoms with Crippen LogP contribution in [0.4, 0.5) is 16.2 Å². The van der Waals surface area contributed by atoms with E-state index in [1.165, 1.54) is 0 Å². The predicted molar refractivity (Wildman–Crippen MR) is 97.4 cm³/mol. The second-order valence-electron chi connectivity index (χ2n) is 7.81. The summed E-state index contributed by atoms with van der Waals surface area (Å²) in [7, 11) is 0. The standard InChI is InChI=1S/C19H24N2O3/c1-11-10-19(5,6)21-15-14(11)13(9-12-7-8-23-16(12)15)20-17(22)24-18(2,3)4/h7-10,21H,1-6H3,(H,20,22). The molecule has 0 radical (unpaired) electrons. The molecular formula is C19H24N2O3. The minimum Gasteiger partial charge on any atom is -0.462 e. The highest BCUT2D eigenvalue weighted by Crippen LogP contribution is 2.43. The van der Waals surface area contributed by atoms with E-state index in [0.717, 1.165) is 27.8 Å². The van der Waals surface area contributed by atoms with Crippen LogP contribution in [0.1, 0.15) is 47.1 Å². The van der Waals surface area contributed by atoms with Crippen LogP contribution in [0.2, 0.25) is 0 Å². The first kappa shape index (κ1) is 16.4. The van der Waals surface area contributed by atoms with Crippen LogP contribution in [0.25, 0.3) is 16.5 Å². The second kappa shape index (κ2) is 5.30. The Bertz CT molecular complexity index is 838. The van der Waals surface area contributed by atoms with Crippen molar-refractivity contribution in [3.8, 4) is 0 Å². The maximum atomic E-state index is 12.2. The molecular weight excluding hydrogens is 304 g/mol. The number of hydrogen-bond acceptors (Lipinski definition) is 4. The van der Waals surface area contributed by atoms with Gasteiger partial charge in [0.25, 0.3) is 0 Å². The molecule has 0 aliphatic carbocycles. The van der Waals surface area contributed by atoms with Gasteiger partial charge in [-0.05, 0) is 59.2 Å². The number of benzene rings is 1. The van der Waals surface area contributed by atoms with E-state index >= 15 is 0 Å². The summed E-state index contributed by atoms with van der Waals surface area (Å²) in [6, 6.07) is 3.80. The van der Waals surface area contributed by atoms with Gasteiger partial charge < -0.3 is 14.5 Å². The molecule has 0 bridgehead atoms. The molecule has 2 N–H and O–H groups in total. The van der Waals surface area contributed by atoms with Crippen molar-refractivity contribution in [2.24, 2.45) is 0 Å².